The van der Waals surface area contributed by atoms with Gasteiger partial charge in [0.1, 0.15) is 0 Å². The lowest BCUT2D eigenvalue weighted by Gasteiger charge is -2.29. The molecule has 1 saturated carbocycles. The first-order valence-corrected chi connectivity index (χ1v) is 7.47. The average Bonchev–Trinajstić information content (AvgIpc) is 2.68. The summed E-state index contributed by atoms with van der Waals surface area (Å²) in [6.45, 7) is 15.4. The van der Waals surface area contributed by atoms with Crippen LogP contribution < -0.4 is 0 Å². The van der Waals surface area contributed by atoms with Crippen LogP contribution in [0.15, 0.2) is 0 Å². The van der Waals surface area contributed by atoms with Crippen LogP contribution in [-0.4, -0.2) is 29.8 Å². The molecule has 0 radical (unpaired) electrons. The summed E-state index contributed by atoms with van der Waals surface area (Å²) in [5.74, 6) is 0.464. The van der Waals surface area contributed by atoms with E-state index in [-0.39, 0.29) is 11.5 Å². The molecule has 0 unspecified atom stereocenters. The van der Waals surface area contributed by atoms with Crippen molar-refractivity contribution in [2.75, 3.05) is 13.1 Å². The molecule has 0 amide bonds. The SMILES string of the molecule is CCN1C[C@]2(C[C@H]1C(=O)C(C)(C)CC)CC2(C)C. The molecule has 0 aromatic carbocycles. The quantitative estimate of drug-likeness (QED) is 0.762. The summed E-state index contributed by atoms with van der Waals surface area (Å²) < 4.78 is 0. The van der Waals surface area contributed by atoms with Gasteiger partial charge in [0.2, 0.25) is 0 Å². The molecule has 1 aliphatic heterocycles. The highest BCUT2D eigenvalue weighted by atomic mass is 16.1. The summed E-state index contributed by atoms with van der Waals surface area (Å²) >= 11 is 0. The second-order valence-corrected chi connectivity index (χ2v) is 7.73. The van der Waals surface area contributed by atoms with Crippen molar-refractivity contribution in [3.63, 3.8) is 0 Å². The largest absolute Gasteiger partial charge is 0.297 e. The number of carbonyl (C=O) groups excluding carboxylic acids is 1. The second-order valence-electron chi connectivity index (χ2n) is 7.73. The summed E-state index contributed by atoms with van der Waals surface area (Å²) in [6, 6.07) is 0.173. The zero-order chi connectivity index (χ0) is 13.8. The van der Waals surface area contributed by atoms with Crippen LogP contribution in [0.5, 0.6) is 0 Å². The van der Waals surface area contributed by atoms with Gasteiger partial charge in [0.05, 0.1) is 6.04 Å². The Hall–Kier alpha value is -0.370. The van der Waals surface area contributed by atoms with E-state index in [1.807, 2.05) is 0 Å². The van der Waals surface area contributed by atoms with E-state index in [1.54, 1.807) is 0 Å². The highest BCUT2D eigenvalue weighted by molar-refractivity contribution is 5.89. The van der Waals surface area contributed by atoms with Gasteiger partial charge >= 0.3 is 0 Å². The molecule has 0 aromatic rings. The van der Waals surface area contributed by atoms with Gasteiger partial charge in [0.15, 0.2) is 5.78 Å². The maximum Gasteiger partial charge on any atom is 0.155 e. The minimum atomic E-state index is -0.164. The molecule has 1 aliphatic carbocycles. The molecule has 0 aromatic heterocycles. The average molecular weight is 251 g/mol. The lowest BCUT2D eigenvalue weighted by atomic mass is 9.79. The predicted octanol–water partition coefficient (Wildman–Crippen LogP) is 3.50. The van der Waals surface area contributed by atoms with Crippen LogP contribution in [-0.2, 0) is 4.79 Å². The predicted molar refractivity (Wildman–Crippen MR) is 75.6 cm³/mol. The number of Topliss-reactive ketones (excluding diaryl/α,β-unsaturated/α-hetero) is 1. The van der Waals surface area contributed by atoms with Crippen LogP contribution in [0.25, 0.3) is 0 Å². The van der Waals surface area contributed by atoms with E-state index in [1.165, 1.54) is 6.42 Å². The molecule has 2 fully saturated rings. The molecule has 2 nitrogen and oxygen atoms in total. The van der Waals surface area contributed by atoms with Gasteiger partial charge in [-0.15, -0.1) is 0 Å². The van der Waals surface area contributed by atoms with Crippen molar-refractivity contribution in [2.24, 2.45) is 16.2 Å². The number of hydrogen-bond acceptors (Lipinski definition) is 2. The third-order valence-electron chi connectivity index (χ3n) is 5.88. The number of hydrogen-bond donors (Lipinski definition) is 0. The lowest BCUT2D eigenvalue weighted by molar-refractivity contribution is -0.131. The molecule has 2 aliphatic rings. The van der Waals surface area contributed by atoms with Gasteiger partial charge in [-0.1, -0.05) is 41.5 Å². The summed E-state index contributed by atoms with van der Waals surface area (Å²) in [6.07, 6.45) is 3.33. The Morgan fingerprint density at radius 3 is 2.28 bits per heavy atom. The maximum absolute atomic E-state index is 12.8. The molecule has 2 rings (SSSR count). The van der Waals surface area contributed by atoms with E-state index in [2.05, 4.69) is 46.4 Å². The van der Waals surface area contributed by atoms with E-state index >= 15 is 0 Å². The van der Waals surface area contributed by atoms with Crippen molar-refractivity contribution < 1.29 is 4.79 Å². The highest BCUT2D eigenvalue weighted by Crippen LogP contribution is 2.69. The summed E-state index contributed by atoms with van der Waals surface area (Å²) in [7, 11) is 0. The van der Waals surface area contributed by atoms with Gasteiger partial charge in [0.25, 0.3) is 0 Å². The number of likely N-dealkylation sites (tertiary alicyclic amines) is 1. The first-order chi connectivity index (χ1) is 8.19. The molecule has 1 heterocycles. The van der Waals surface area contributed by atoms with Crippen molar-refractivity contribution in [3.8, 4) is 0 Å². The minimum absolute atomic E-state index is 0.164. The third kappa shape index (κ3) is 1.93. The van der Waals surface area contributed by atoms with Gasteiger partial charge in [0, 0.05) is 12.0 Å². The fraction of sp³-hybridized carbons (Fsp3) is 0.938. The Morgan fingerprint density at radius 1 is 1.33 bits per heavy atom. The molecule has 2 atom stereocenters. The third-order valence-corrected chi connectivity index (χ3v) is 5.88. The molecule has 0 N–H and O–H groups in total. The van der Waals surface area contributed by atoms with E-state index < -0.39 is 0 Å². The van der Waals surface area contributed by atoms with E-state index in [9.17, 15) is 4.79 Å². The second kappa shape index (κ2) is 4.06. The molecular formula is C16H29NO. The number of likely N-dealkylation sites (N-methyl/N-ethyl adjacent to an activating group) is 1. The van der Waals surface area contributed by atoms with Crippen LogP contribution in [0, 0.1) is 16.2 Å². The van der Waals surface area contributed by atoms with Gasteiger partial charge in [-0.05, 0) is 36.6 Å². The van der Waals surface area contributed by atoms with Crippen LogP contribution in [0.3, 0.4) is 0 Å². The van der Waals surface area contributed by atoms with Crippen LogP contribution in [0.2, 0.25) is 0 Å². The van der Waals surface area contributed by atoms with E-state index in [4.69, 9.17) is 0 Å². The van der Waals surface area contributed by atoms with E-state index in [0.717, 1.165) is 25.9 Å². The van der Waals surface area contributed by atoms with Crippen molar-refractivity contribution in [2.45, 2.75) is 66.8 Å². The molecule has 18 heavy (non-hydrogen) atoms. The Bertz CT molecular complexity index is 358. The van der Waals surface area contributed by atoms with E-state index in [0.29, 0.717) is 16.6 Å². The maximum atomic E-state index is 12.8. The molecule has 0 bridgehead atoms. The molecule has 104 valence electrons. The lowest BCUT2D eigenvalue weighted by Crippen LogP contribution is -2.42. The van der Waals surface area contributed by atoms with Gasteiger partial charge < -0.3 is 0 Å². The minimum Gasteiger partial charge on any atom is -0.297 e. The van der Waals surface area contributed by atoms with Gasteiger partial charge in [-0.25, -0.2) is 0 Å². The zero-order valence-corrected chi connectivity index (χ0v) is 13.0. The van der Waals surface area contributed by atoms with Gasteiger partial charge in [-0.2, -0.15) is 0 Å². The standard InChI is InChI=1S/C16H29NO/c1-7-14(3,4)13(18)12-9-16(10-15(16,5)6)11-17(12)8-2/h12H,7-11H2,1-6H3/t12-,16-/m0/s1. The monoisotopic (exact) mass is 251 g/mol. The first kappa shape index (κ1) is 14.0. The zero-order valence-electron chi connectivity index (χ0n) is 13.0. The van der Waals surface area contributed by atoms with Crippen molar-refractivity contribution in [1.29, 1.82) is 0 Å². The Balaban J connectivity index is 2.17. The fourth-order valence-corrected chi connectivity index (χ4v) is 3.70. The summed E-state index contributed by atoms with van der Waals surface area (Å²) in [5.41, 5.74) is 0.724. The summed E-state index contributed by atoms with van der Waals surface area (Å²) in [4.78, 5) is 15.2. The van der Waals surface area contributed by atoms with Crippen molar-refractivity contribution >= 4 is 5.78 Å². The van der Waals surface area contributed by atoms with Crippen LogP contribution in [0.4, 0.5) is 0 Å². The molecule has 2 heteroatoms. The Kier molecular flexibility index (Phi) is 3.17. The molecular weight excluding hydrogens is 222 g/mol. The molecule has 1 spiro atoms. The number of rotatable bonds is 4. The van der Waals surface area contributed by atoms with Crippen molar-refractivity contribution in [1.82, 2.24) is 4.90 Å². The number of carbonyl (C=O) groups is 1. The number of nitrogens with zero attached hydrogens (tertiary/aromatic N) is 1. The Morgan fingerprint density at radius 2 is 1.89 bits per heavy atom. The topological polar surface area (TPSA) is 20.3 Å². The van der Waals surface area contributed by atoms with Crippen LogP contribution >= 0.6 is 0 Å². The number of ketones is 1. The Labute approximate surface area is 112 Å². The first-order valence-electron chi connectivity index (χ1n) is 7.47. The van der Waals surface area contributed by atoms with Gasteiger partial charge in [-0.3, -0.25) is 9.69 Å². The fourth-order valence-electron chi connectivity index (χ4n) is 3.70. The smallest absolute Gasteiger partial charge is 0.155 e. The highest BCUT2D eigenvalue weighted by Gasteiger charge is 2.66. The summed E-state index contributed by atoms with van der Waals surface area (Å²) in [5, 5.41) is 0. The molecule has 1 saturated heterocycles. The van der Waals surface area contributed by atoms with Crippen molar-refractivity contribution in [3.05, 3.63) is 0 Å². The van der Waals surface area contributed by atoms with Crippen LogP contribution in [0.1, 0.15) is 60.8 Å². The normalized spacial score (nSPS) is 35.1.